The molecule has 1 amide bonds. The first-order valence-electron chi connectivity index (χ1n) is 7.94. The number of nitrogens with zero attached hydrogens (tertiary/aromatic N) is 2. The molecule has 134 valence electrons. The molecule has 1 aliphatic rings. The molecule has 0 unspecified atom stereocenters. The van der Waals surface area contributed by atoms with Crippen LogP contribution in [0.2, 0.25) is 18.1 Å². The molecule has 2 rings (SSSR count). The van der Waals surface area contributed by atoms with Gasteiger partial charge in [-0.1, -0.05) is 20.8 Å². The van der Waals surface area contributed by atoms with Gasteiger partial charge < -0.3 is 14.6 Å². The molecule has 2 N–H and O–H groups in total. The van der Waals surface area contributed by atoms with E-state index < -0.39 is 20.5 Å². The molecule has 1 aliphatic heterocycles. The maximum atomic E-state index is 11.7. The van der Waals surface area contributed by atoms with E-state index in [-0.39, 0.29) is 16.9 Å². The Kier molecular flexibility index (Phi) is 5.32. The Morgan fingerprint density at radius 3 is 2.58 bits per heavy atom. The largest absolute Gasteiger partial charge is 0.506 e. The van der Waals surface area contributed by atoms with Gasteiger partial charge in [-0.3, -0.25) is 9.88 Å². The second-order valence-electron chi connectivity index (χ2n) is 7.75. The summed E-state index contributed by atoms with van der Waals surface area (Å²) in [6.45, 7) is 11.1. The zero-order valence-electron chi connectivity index (χ0n) is 14.7. The fourth-order valence-electron chi connectivity index (χ4n) is 2.67. The van der Waals surface area contributed by atoms with Gasteiger partial charge in [0, 0.05) is 24.5 Å². The third-order valence-corrected chi connectivity index (χ3v) is 10.2. The van der Waals surface area contributed by atoms with Crippen molar-refractivity contribution in [2.75, 3.05) is 6.54 Å². The summed E-state index contributed by atoms with van der Waals surface area (Å²) in [6.07, 6.45) is 2.34. The summed E-state index contributed by atoms with van der Waals surface area (Å²) in [6, 6.07) is -0.456. The Labute approximate surface area is 152 Å². The van der Waals surface area contributed by atoms with Crippen LogP contribution in [0.3, 0.4) is 0 Å². The molecule has 0 spiro atoms. The molecule has 2 heterocycles. The molecule has 0 saturated carbocycles. The highest BCUT2D eigenvalue weighted by Gasteiger charge is 2.44. The van der Waals surface area contributed by atoms with Crippen LogP contribution < -0.4 is 0 Å². The molecule has 1 aromatic rings. The van der Waals surface area contributed by atoms with Crippen LogP contribution in [0.25, 0.3) is 0 Å². The number of likely N-dealkylation sites (tertiary alicyclic amines) is 1. The number of carbonyl (C=O) groups is 1. The highest BCUT2D eigenvalue weighted by molar-refractivity contribution is 9.10. The van der Waals surface area contributed by atoms with Crippen molar-refractivity contribution in [1.29, 1.82) is 0 Å². The summed E-state index contributed by atoms with van der Waals surface area (Å²) < 4.78 is 6.84. The first-order chi connectivity index (χ1) is 10.9. The van der Waals surface area contributed by atoms with Crippen LogP contribution >= 0.6 is 15.9 Å². The average molecular weight is 417 g/mol. The minimum absolute atomic E-state index is 0.0363. The van der Waals surface area contributed by atoms with E-state index in [1.54, 1.807) is 0 Å². The van der Waals surface area contributed by atoms with E-state index >= 15 is 0 Å². The third kappa shape index (κ3) is 3.75. The van der Waals surface area contributed by atoms with Crippen molar-refractivity contribution in [3.05, 3.63) is 22.4 Å². The first kappa shape index (κ1) is 19.2. The second-order valence-corrected chi connectivity index (χ2v) is 13.4. The highest BCUT2D eigenvalue weighted by Crippen LogP contribution is 2.43. The Morgan fingerprint density at radius 2 is 2.04 bits per heavy atom. The van der Waals surface area contributed by atoms with E-state index in [1.807, 2.05) is 0 Å². The van der Waals surface area contributed by atoms with Crippen molar-refractivity contribution < 1.29 is 19.4 Å². The maximum absolute atomic E-state index is 11.7. The van der Waals surface area contributed by atoms with Gasteiger partial charge in [0.25, 0.3) is 0 Å². The normalized spacial score (nSPS) is 22.0. The lowest BCUT2D eigenvalue weighted by molar-refractivity contribution is 0.132. The average Bonchev–Trinajstić information content (AvgIpc) is 2.83. The Balaban J connectivity index is 2.27. The number of amides is 1. The van der Waals surface area contributed by atoms with Gasteiger partial charge in [-0.2, -0.15) is 0 Å². The zero-order valence-corrected chi connectivity index (χ0v) is 17.3. The van der Waals surface area contributed by atoms with Crippen LogP contribution in [0.15, 0.2) is 16.9 Å². The van der Waals surface area contributed by atoms with E-state index in [2.05, 4.69) is 54.8 Å². The molecular formula is C16H25BrN2O4Si. The number of hydrogen-bond donors (Lipinski definition) is 2. The summed E-state index contributed by atoms with van der Waals surface area (Å²) in [5, 5.41) is 19.9. The lowest BCUT2D eigenvalue weighted by atomic mass is 10.1. The Bertz CT molecular complexity index is 633. The molecule has 8 heteroatoms. The van der Waals surface area contributed by atoms with Crippen LogP contribution in [0.5, 0.6) is 5.75 Å². The molecule has 0 bridgehead atoms. The molecule has 2 atom stereocenters. The quantitative estimate of drug-likeness (QED) is 0.714. The predicted octanol–water partition coefficient (Wildman–Crippen LogP) is 4.36. The van der Waals surface area contributed by atoms with Gasteiger partial charge in [-0.15, -0.1) is 0 Å². The maximum Gasteiger partial charge on any atom is 0.407 e. The molecule has 1 fully saturated rings. The first-order valence-corrected chi connectivity index (χ1v) is 11.6. The fourth-order valence-corrected chi connectivity index (χ4v) is 4.37. The van der Waals surface area contributed by atoms with Gasteiger partial charge in [0.05, 0.1) is 16.6 Å². The monoisotopic (exact) mass is 416 g/mol. The smallest absolute Gasteiger partial charge is 0.407 e. The summed E-state index contributed by atoms with van der Waals surface area (Å²) in [4.78, 5) is 17.1. The van der Waals surface area contributed by atoms with E-state index in [4.69, 9.17) is 4.43 Å². The van der Waals surface area contributed by atoms with Crippen molar-refractivity contribution in [3.8, 4) is 5.75 Å². The standard InChI is InChI=1S/C16H25BrN2O4Si/c1-16(2,3)24(4,5)23-10-6-13(19(9-10)15(21)22)11-7-18-8-12(17)14(11)20/h7-8,10,13H,6,9H2,1-5H3,(H,18,20)(H,21,22)/t10-,13+/m1/s1. The van der Waals surface area contributed by atoms with Gasteiger partial charge in [-0.25, -0.2) is 4.79 Å². The number of halogens is 1. The summed E-state index contributed by atoms with van der Waals surface area (Å²) in [5.74, 6) is 0.0363. The molecule has 0 aromatic carbocycles. The molecule has 24 heavy (non-hydrogen) atoms. The second kappa shape index (κ2) is 6.65. The van der Waals surface area contributed by atoms with Crippen molar-refractivity contribution >= 4 is 30.3 Å². The van der Waals surface area contributed by atoms with Gasteiger partial charge in [0.15, 0.2) is 8.32 Å². The molecular weight excluding hydrogens is 392 g/mol. The third-order valence-electron chi connectivity index (χ3n) is 5.04. The number of pyridine rings is 1. The van der Waals surface area contributed by atoms with Crippen LogP contribution in [0.1, 0.15) is 38.8 Å². The Hall–Kier alpha value is -1.12. The molecule has 1 saturated heterocycles. The van der Waals surface area contributed by atoms with Gasteiger partial charge in [-0.05, 0) is 40.5 Å². The van der Waals surface area contributed by atoms with Gasteiger partial charge in [0.1, 0.15) is 5.75 Å². The van der Waals surface area contributed by atoms with E-state index in [0.717, 1.165) is 0 Å². The lowest BCUT2D eigenvalue weighted by Crippen LogP contribution is -2.44. The van der Waals surface area contributed by atoms with Crippen LogP contribution in [-0.4, -0.2) is 47.2 Å². The number of aromatic nitrogens is 1. The van der Waals surface area contributed by atoms with E-state index in [0.29, 0.717) is 23.0 Å². The molecule has 0 radical (unpaired) electrons. The minimum atomic E-state index is -2.00. The molecule has 1 aromatic heterocycles. The van der Waals surface area contributed by atoms with E-state index in [1.165, 1.54) is 17.3 Å². The molecule has 0 aliphatic carbocycles. The fraction of sp³-hybridized carbons (Fsp3) is 0.625. The van der Waals surface area contributed by atoms with Crippen LogP contribution in [-0.2, 0) is 4.43 Å². The minimum Gasteiger partial charge on any atom is -0.506 e. The van der Waals surface area contributed by atoms with Crippen molar-refractivity contribution in [2.45, 2.75) is 57.5 Å². The summed E-state index contributed by atoms with van der Waals surface area (Å²) in [5.41, 5.74) is 0.508. The van der Waals surface area contributed by atoms with Crippen molar-refractivity contribution in [2.24, 2.45) is 0 Å². The van der Waals surface area contributed by atoms with Crippen molar-refractivity contribution in [3.63, 3.8) is 0 Å². The van der Waals surface area contributed by atoms with Gasteiger partial charge >= 0.3 is 6.09 Å². The van der Waals surface area contributed by atoms with Crippen LogP contribution in [0.4, 0.5) is 4.79 Å². The SMILES string of the molecule is CC(C)(C)[Si](C)(C)O[C@@H]1C[C@@H](c2cncc(Br)c2O)N(C(=O)O)C1. The molecule has 6 nitrogen and oxygen atoms in total. The number of aromatic hydroxyl groups is 1. The highest BCUT2D eigenvalue weighted by atomic mass is 79.9. The number of rotatable bonds is 3. The predicted molar refractivity (Wildman–Crippen MR) is 97.8 cm³/mol. The van der Waals surface area contributed by atoms with Gasteiger partial charge in [0.2, 0.25) is 0 Å². The van der Waals surface area contributed by atoms with Crippen LogP contribution in [0, 0.1) is 0 Å². The van der Waals surface area contributed by atoms with E-state index in [9.17, 15) is 15.0 Å². The summed E-state index contributed by atoms with van der Waals surface area (Å²) >= 11 is 3.24. The summed E-state index contributed by atoms with van der Waals surface area (Å²) in [7, 11) is -2.00. The zero-order chi connectivity index (χ0) is 18.3. The topological polar surface area (TPSA) is 82.9 Å². The number of carboxylic acid groups (broad SMARTS) is 1. The lowest BCUT2D eigenvalue weighted by Gasteiger charge is -2.38. The number of hydrogen-bond acceptors (Lipinski definition) is 4. The Morgan fingerprint density at radius 1 is 1.42 bits per heavy atom. The van der Waals surface area contributed by atoms with Crippen molar-refractivity contribution in [1.82, 2.24) is 9.88 Å².